The van der Waals surface area contributed by atoms with Crippen LogP contribution in [0.4, 0.5) is 0 Å². The van der Waals surface area contributed by atoms with Crippen LogP contribution < -0.4 is 5.32 Å². The van der Waals surface area contributed by atoms with Crippen molar-refractivity contribution in [1.29, 1.82) is 0 Å². The molecule has 7 heteroatoms. The van der Waals surface area contributed by atoms with Gasteiger partial charge in [0.1, 0.15) is 11.8 Å². The molecule has 3 rings (SSSR count). The van der Waals surface area contributed by atoms with E-state index in [1.807, 2.05) is 32.9 Å². The minimum atomic E-state index is -0.858. The number of amides is 2. The van der Waals surface area contributed by atoms with Gasteiger partial charge in [-0.3, -0.25) is 9.59 Å². The average molecular weight is 370 g/mol. The molecule has 142 valence electrons. The number of aromatic hydroxyl groups is 3. The zero-order chi connectivity index (χ0) is 19.9. The van der Waals surface area contributed by atoms with E-state index in [2.05, 4.69) is 5.32 Å². The maximum absolute atomic E-state index is 13.1. The molecule has 1 unspecified atom stereocenters. The van der Waals surface area contributed by atoms with E-state index in [1.54, 1.807) is 12.1 Å². The first-order chi connectivity index (χ1) is 12.6. The molecule has 0 radical (unpaired) electrons. The first kappa shape index (κ1) is 18.6. The number of hydrogen-bond donors (Lipinski definition) is 4. The molecule has 2 aromatic carbocycles. The molecular weight excluding hydrogens is 348 g/mol. The molecule has 27 heavy (non-hydrogen) atoms. The Balaban J connectivity index is 2.02. The third-order valence-corrected chi connectivity index (χ3v) is 4.33. The minimum absolute atomic E-state index is 0.188. The number of phenols is 3. The number of carbonyl (C=O) groups excluding carboxylic acids is 2. The zero-order valence-corrected chi connectivity index (χ0v) is 15.4. The molecule has 0 aliphatic carbocycles. The predicted octanol–water partition coefficient (Wildman–Crippen LogP) is 2.42. The SMILES string of the molecule is CC(C)(C)NC(=O)C1c2ccccc2CN1C(=O)c1cc(O)c(O)cc1O. The van der Waals surface area contributed by atoms with E-state index in [1.165, 1.54) is 4.90 Å². The average Bonchev–Trinajstić information content (AvgIpc) is 2.95. The Hall–Kier alpha value is -3.22. The summed E-state index contributed by atoms with van der Waals surface area (Å²) < 4.78 is 0. The molecule has 0 saturated heterocycles. The van der Waals surface area contributed by atoms with Gasteiger partial charge >= 0.3 is 0 Å². The Morgan fingerprint density at radius 3 is 2.33 bits per heavy atom. The first-order valence-corrected chi connectivity index (χ1v) is 8.54. The fourth-order valence-electron chi connectivity index (χ4n) is 3.19. The Bertz CT molecular complexity index is 917. The molecule has 2 aromatic rings. The number of hydrogen-bond acceptors (Lipinski definition) is 5. The molecule has 0 fully saturated rings. The highest BCUT2D eigenvalue weighted by atomic mass is 16.3. The number of nitrogens with one attached hydrogen (secondary N) is 1. The second-order valence-corrected chi connectivity index (χ2v) is 7.63. The summed E-state index contributed by atoms with van der Waals surface area (Å²) >= 11 is 0. The number of benzene rings is 2. The van der Waals surface area contributed by atoms with Gasteiger partial charge in [-0.1, -0.05) is 24.3 Å². The molecule has 1 atom stereocenters. The highest BCUT2D eigenvalue weighted by molar-refractivity contribution is 6.01. The largest absolute Gasteiger partial charge is 0.507 e. The Kier molecular flexibility index (Phi) is 4.47. The van der Waals surface area contributed by atoms with Crippen LogP contribution in [-0.4, -0.2) is 37.6 Å². The summed E-state index contributed by atoms with van der Waals surface area (Å²) in [6.45, 7) is 5.74. The van der Waals surface area contributed by atoms with Gasteiger partial charge in [-0.15, -0.1) is 0 Å². The first-order valence-electron chi connectivity index (χ1n) is 8.54. The van der Waals surface area contributed by atoms with Crippen molar-refractivity contribution in [2.75, 3.05) is 0 Å². The fraction of sp³-hybridized carbons (Fsp3) is 0.300. The Morgan fingerprint density at radius 1 is 1.04 bits per heavy atom. The van der Waals surface area contributed by atoms with E-state index >= 15 is 0 Å². The minimum Gasteiger partial charge on any atom is -0.507 e. The number of carbonyl (C=O) groups is 2. The van der Waals surface area contributed by atoms with Crippen molar-refractivity contribution < 1.29 is 24.9 Å². The standard InChI is InChI=1S/C20H22N2O5/c1-20(2,3)21-18(26)17-12-7-5-4-6-11(12)10-22(17)19(27)13-8-15(24)16(25)9-14(13)23/h4-9,17,23-25H,10H2,1-3H3,(H,21,26). The Labute approximate surface area is 156 Å². The summed E-state index contributed by atoms with van der Waals surface area (Å²) in [6, 6.07) is 8.30. The van der Waals surface area contributed by atoms with Gasteiger partial charge in [0.15, 0.2) is 11.5 Å². The summed E-state index contributed by atoms with van der Waals surface area (Å²) in [5, 5.41) is 32.1. The lowest BCUT2D eigenvalue weighted by Gasteiger charge is -2.29. The number of rotatable bonds is 2. The van der Waals surface area contributed by atoms with Crippen molar-refractivity contribution in [1.82, 2.24) is 10.2 Å². The summed E-state index contributed by atoms with van der Waals surface area (Å²) in [4.78, 5) is 27.3. The molecule has 0 bridgehead atoms. The maximum Gasteiger partial charge on any atom is 0.259 e. The van der Waals surface area contributed by atoms with Gasteiger partial charge in [0.25, 0.3) is 5.91 Å². The highest BCUT2D eigenvalue weighted by Gasteiger charge is 2.40. The number of nitrogens with zero attached hydrogens (tertiary/aromatic N) is 1. The van der Waals surface area contributed by atoms with Crippen molar-refractivity contribution in [2.24, 2.45) is 0 Å². The van der Waals surface area contributed by atoms with Gasteiger partial charge in [-0.25, -0.2) is 0 Å². The van der Waals surface area contributed by atoms with Gasteiger partial charge in [0.2, 0.25) is 5.91 Å². The van der Waals surface area contributed by atoms with Crippen molar-refractivity contribution >= 4 is 11.8 Å². The topological polar surface area (TPSA) is 110 Å². The van der Waals surface area contributed by atoms with Gasteiger partial charge in [-0.2, -0.15) is 0 Å². The summed E-state index contributed by atoms with van der Waals surface area (Å²) in [5.74, 6) is -2.48. The zero-order valence-electron chi connectivity index (χ0n) is 15.4. The van der Waals surface area contributed by atoms with Gasteiger partial charge in [0, 0.05) is 24.2 Å². The molecule has 0 saturated carbocycles. The molecule has 1 heterocycles. The number of phenolic OH excluding ortho intramolecular Hbond substituents is 3. The van der Waals surface area contributed by atoms with E-state index in [9.17, 15) is 24.9 Å². The third kappa shape index (κ3) is 3.53. The van der Waals surface area contributed by atoms with Crippen molar-refractivity contribution in [3.8, 4) is 17.2 Å². The molecule has 1 aliphatic rings. The molecule has 1 aliphatic heterocycles. The second kappa shape index (κ2) is 6.50. The lowest BCUT2D eigenvalue weighted by Crippen LogP contribution is -2.47. The Morgan fingerprint density at radius 2 is 1.67 bits per heavy atom. The van der Waals surface area contributed by atoms with Crippen LogP contribution >= 0.6 is 0 Å². The quantitative estimate of drug-likeness (QED) is 0.479. The van der Waals surface area contributed by atoms with E-state index < -0.39 is 34.7 Å². The normalized spacial score (nSPS) is 16.1. The van der Waals surface area contributed by atoms with Gasteiger partial charge in [-0.05, 0) is 31.9 Å². The predicted molar refractivity (Wildman–Crippen MR) is 98.4 cm³/mol. The van der Waals surface area contributed by atoms with Crippen LogP contribution in [-0.2, 0) is 11.3 Å². The fourth-order valence-corrected chi connectivity index (χ4v) is 3.19. The van der Waals surface area contributed by atoms with Crippen LogP contribution in [0.5, 0.6) is 17.2 Å². The summed E-state index contributed by atoms with van der Waals surface area (Å²) in [5.41, 5.74) is 0.881. The van der Waals surface area contributed by atoms with Crippen molar-refractivity contribution in [2.45, 2.75) is 38.9 Å². The lowest BCUT2D eigenvalue weighted by atomic mass is 10.0. The summed E-state index contributed by atoms with van der Waals surface area (Å²) in [7, 11) is 0. The molecule has 7 nitrogen and oxygen atoms in total. The smallest absolute Gasteiger partial charge is 0.259 e. The van der Waals surface area contributed by atoms with E-state index in [0.717, 1.165) is 23.3 Å². The van der Waals surface area contributed by atoms with Crippen LogP contribution in [0.2, 0.25) is 0 Å². The van der Waals surface area contributed by atoms with E-state index in [0.29, 0.717) is 0 Å². The van der Waals surface area contributed by atoms with Crippen LogP contribution in [0.15, 0.2) is 36.4 Å². The molecular formula is C20H22N2O5. The number of fused-ring (bicyclic) bond motifs is 1. The molecule has 0 spiro atoms. The second-order valence-electron chi connectivity index (χ2n) is 7.63. The van der Waals surface area contributed by atoms with E-state index in [-0.39, 0.29) is 18.0 Å². The molecule has 2 amide bonds. The van der Waals surface area contributed by atoms with Crippen LogP contribution in [0.1, 0.15) is 48.3 Å². The lowest BCUT2D eigenvalue weighted by molar-refractivity contribution is -0.127. The molecule has 0 aromatic heterocycles. The van der Waals surface area contributed by atoms with Crippen molar-refractivity contribution in [3.05, 3.63) is 53.1 Å². The summed E-state index contributed by atoms with van der Waals surface area (Å²) in [6.07, 6.45) is 0. The van der Waals surface area contributed by atoms with Crippen LogP contribution in [0.25, 0.3) is 0 Å². The van der Waals surface area contributed by atoms with Gasteiger partial charge in [0.05, 0.1) is 5.56 Å². The van der Waals surface area contributed by atoms with E-state index in [4.69, 9.17) is 0 Å². The highest BCUT2D eigenvalue weighted by Crippen LogP contribution is 2.38. The van der Waals surface area contributed by atoms with Gasteiger partial charge < -0.3 is 25.5 Å². The van der Waals surface area contributed by atoms with Crippen molar-refractivity contribution in [3.63, 3.8) is 0 Å². The van der Waals surface area contributed by atoms with Crippen LogP contribution in [0.3, 0.4) is 0 Å². The monoisotopic (exact) mass is 370 g/mol. The van der Waals surface area contributed by atoms with Crippen LogP contribution in [0, 0.1) is 0 Å². The maximum atomic E-state index is 13.1. The third-order valence-electron chi connectivity index (χ3n) is 4.33. The molecule has 4 N–H and O–H groups in total.